The topological polar surface area (TPSA) is 63.3 Å². The summed E-state index contributed by atoms with van der Waals surface area (Å²) >= 11 is 0. The van der Waals surface area contributed by atoms with Gasteiger partial charge in [0, 0.05) is 0 Å². The van der Waals surface area contributed by atoms with Gasteiger partial charge in [-0.25, -0.2) is 9.18 Å². The van der Waals surface area contributed by atoms with Gasteiger partial charge in [-0.2, -0.15) is 0 Å². The summed E-state index contributed by atoms with van der Waals surface area (Å²) in [4.78, 5) is 11.3. The zero-order valence-electron chi connectivity index (χ0n) is 8.87. The average molecular weight is 223 g/mol. The Balaban J connectivity index is 2.59. The average Bonchev–Trinajstić information content (AvgIpc) is 2.40. The van der Waals surface area contributed by atoms with Gasteiger partial charge in [0.15, 0.2) is 0 Å². The van der Waals surface area contributed by atoms with Crippen LogP contribution in [-0.2, 0) is 16.8 Å². The lowest BCUT2D eigenvalue weighted by atomic mass is 9.85. The summed E-state index contributed by atoms with van der Waals surface area (Å²) in [6.45, 7) is 0. The second-order valence-corrected chi connectivity index (χ2v) is 4.29. The normalized spacial score (nSPS) is 24.6. The third kappa shape index (κ3) is 1.69. The number of carbonyl (C=O) groups is 1. The Labute approximate surface area is 93.1 Å². The van der Waals surface area contributed by atoms with E-state index in [-0.39, 0.29) is 0 Å². The molecule has 0 bridgehead atoms. The first kappa shape index (κ1) is 11.1. The molecule has 1 aromatic rings. The van der Waals surface area contributed by atoms with Crippen LogP contribution in [0.25, 0.3) is 0 Å². The highest BCUT2D eigenvalue weighted by molar-refractivity contribution is 5.81. The van der Waals surface area contributed by atoms with E-state index in [0.717, 1.165) is 24.8 Å². The monoisotopic (exact) mass is 223 g/mol. The Hall–Kier alpha value is -1.42. The van der Waals surface area contributed by atoms with Crippen LogP contribution in [0.2, 0.25) is 0 Å². The quantitative estimate of drug-likeness (QED) is 0.713. The molecule has 0 saturated heterocycles. The number of carboxylic acid groups (broad SMARTS) is 1. The van der Waals surface area contributed by atoms with Gasteiger partial charge in [-0.15, -0.1) is 0 Å². The molecule has 86 valence electrons. The van der Waals surface area contributed by atoms with Gasteiger partial charge in [-0.1, -0.05) is 12.5 Å². The lowest BCUT2D eigenvalue weighted by Gasteiger charge is -2.25. The molecule has 1 aliphatic rings. The number of rotatable bonds is 1. The molecule has 1 aliphatic carbocycles. The summed E-state index contributed by atoms with van der Waals surface area (Å²) < 4.78 is 13.2. The van der Waals surface area contributed by atoms with Crippen molar-refractivity contribution >= 4 is 5.97 Å². The Morgan fingerprint density at radius 2 is 2.19 bits per heavy atom. The van der Waals surface area contributed by atoms with E-state index in [4.69, 9.17) is 5.73 Å². The summed E-state index contributed by atoms with van der Waals surface area (Å²) in [5.41, 5.74) is 5.76. The fourth-order valence-corrected chi connectivity index (χ4v) is 2.26. The molecule has 3 N–H and O–H groups in total. The van der Waals surface area contributed by atoms with Crippen LogP contribution in [0.5, 0.6) is 0 Å². The molecule has 16 heavy (non-hydrogen) atoms. The van der Waals surface area contributed by atoms with E-state index < -0.39 is 17.3 Å². The summed E-state index contributed by atoms with van der Waals surface area (Å²) in [5, 5.41) is 9.21. The molecule has 0 fully saturated rings. The van der Waals surface area contributed by atoms with Crippen LogP contribution < -0.4 is 5.73 Å². The number of halogens is 1. The van der Waals surface area contributed by atoms with Crippen LogP contribution >= 0.6 is 0 Å². The number of aliphatic carboxylic acids is 1. The van der Waals surface area contributed by atoms with Crippen LogP contribution in [0.15, 0.2) is 18.2 Å². The Kier molecular flexibility index (Phi) is 2.68. The van der Waals surface area contributed by atoms with Crippen LogP contribution in [-0.4, -0.2) is 11.1 Å². The van der Waals surface area contributed by atoms with E-state index in [1.165, 1.54) is 12.1 Å². The standard InChI is InChI=1S/C12H14FNO2/c13-9-5-4-8-3-1-2-6-12(14,11(15)16)10(8)7-9/h4-5,7H,1-3,6,14H2,(H,15,16). The van der Waals surface area contributed by atoms with Crippen molar-refractivity contribution in [1.29, 1.82) is 0 Å². The van der Waals surface area contributed by atoms with Crippen LogP contribution in [0.4, 0.5) is 4.39 Å². The van der Waals surface area contributed by atoms with Gasteiger partial charge >= 0.3 is 5.97 Å². The smallest absolute Gasteiger partial charge is 0.328 e. The van der Waals surface area contributed by atoms with Crippen molar-refractivity contribution in [2.45, 2.75) is 31.2 Å². The SMILES string of the molecule is NC1(C(=O)O)CCCCc2ccc(F)cc21. The minimum atomic E-state index is -1.44. The highest BCUT2D eigenvalue weighted by Crippen LogP contribution is 2.32. The van der Waals surface area contributed by atoms with Gasteiger partial charge in [-0.3, -0.25) is 0 Å². The number of aryl methyl sites for hydroxylation is 1. The molecule has 1 atom stereocenters. The van der Waals surface area contributed by atoms with Crippen molar-refractivity contribution in [3.63, 3.8) is 0 Å². The fourth-order valence-electron chi connectivity index (χ4n) is 2.26. The van der Waals surface area contributed by atoms with E-state index in [2.05, 4.69) is 0 Å². The van der Waals surface area contributed by atoms with Crippen molar-refractivity contribution in [3.05, 3.63) is 35.1 Å². The van der Waals surface area contributed by atoms with Gasteiger partial charge in [0.1, 0.15) is 11.4 Å². The van der Waals surface area contributed by atoms with Crippen molar-refractivity contribution in [3.8, 4) is 0 Å². The Bertz CT molecular complexity index is 433. The molecular formula is C12H14FNO2. The summed E-state index contributed by atoms with van der Waals surface area (Å²) in [5.74, 6) is -1.52. The minimum Gasteiger partial charge on any atom is -0.480 e. The first-order valence-corrected chi connectivity index (χ1v) is 5.35. The van der Waals surface area contributed by atoms with Crippen LogP contribution in [0, 0.1) is 5.82 Å². The van der Waals surface area contributed by atoms with Crippen LogP contribution in [0.1, 0.15) is 30.4 Å². The zero-order valence-corrected chi connectivity index (χ0v) is 8.87. The van der Waals surface area contributed by atoms with E-state index >= 15 is 0 Å². The summed E-state index contributed by atoms with van der Waals surface area (Å²) in [6.07, 6.45) is 2.77. The predicted molar refractivity (Wildman–Crippen MR) is 57.5 cm³/mol. The maximum absolute atomic E-state index is 13.2. The second kappa shape index (κ2) is 3.87. The summed E-state index contributed by atoms with van der Waals surface area (Å²) in [7, 11) is 0. The minimum absolute atomic E-state index is 0.360. The maximum Gasteiger partial charge on any atom is 0.328 e. The summed E-state index contributed by atoms with van der Waals surface area (Å²) in [6, 6.07) is 4.25. The van der Waals surface area contributed by atoms with Crippen molar-refractivity contribution in [2.24, 2.45) is 5.73 Å². The van der Waals surface area contributed by atoms with Crippen molar-refractivity contribution < 1.29 is 14.3 Å². The van der Waals surface area contributed by atoms with E-state index in [1.54, 1.807) is 6.07 Å². The molecule has 0 amide bonds. The number of benzene rings is 1. The van der Waals surface area contributed by atoms with Gasteiger partial charge < -0.3 is 10.8 Å². The number of fused-ring (bicyclic) bond motifs is 1. The van der Waals surface area contributed by atoms with Crippen molar-refractivity contribution in [1.82, 2.24) is 0 Å². The number of nitrogens with two attached hydrogens (primary N) is 1. The number of hydrogen-bond donors (Lipinski definition) is 2. The highest BCUT2D eigenvalue weighted by Gasteiger charge is 2.38. The highest BCUT2D eigenvalue weighted by atomic mass is 19.1. The molecule has 1 aromatic carbocycles. The molecular weight excluding hydrogens is 209 g/mol. The molecule has 0 aliphatic heterocycles. The molecule has 0 heterocycles. The van der Waals surface area contributed by atoms with Gasteiger partial charge in [-0.05, 0) is 42.5 Å². The third-order valence-electron chi connectivity index (χ3n) is 3.20. The van der Waals surface area contributed by atoms with Gasteiger partial charge in [0.25, 0.3) is 0 Å². The first-order valence-electron chi connectivity index (χ1n) is 5.35. The maximum atomic E-state index is 13.2. The molecule has 4 heteroatoms. The molecule has 2 rings (SSSR count). The van der Waals surface area contributed by atoms with E-state index in [1.807, 2.05) is 0 Å². The predicted octanol–water partition coefficient (Wildman–Crippen LogP) is 1.79. The Morgan fingerprint density at radius 1 is 1.44 bits per heavy atom. The van der Waals surface area contributed by atoms with E-state index in [0.29, 0.717) is 12.0 Å². The third-order valence-corrected chi connectivity index (χ3v) is 3.20. The first-order chi connectivity index (χ1) is 7.54. The zero-order chi connectivity index (χ0) is 11.8. The number of hydrogen-bond acceptors (Lipinski definition) is 2. The lowest BCUT2D eigenvalue weighted by Crippen LogP contribution is -2.45. The molecule has 0 saturated carbocycles. The molecule has 0 spiro atoms. The molecule has 3 nitrogen and oxygen atoms in total. The van der Waals surface area contributed by atoms with Crippen LogP contribution in [0.3, 0.4) is 0 Å². The van der Waals surface area contributed by atoms with E-state index in [9.17, 15) is 14.3 Å². The van der Waals surface area contributed by atoms with Crippen molar-refractivity contribution in [2.75, 3.05) is 0 Å². The largest absolute Gasteiger partial charge is 0.480 e. The van der Waals surface area contributed by atoms with Gasteiger partial charge in [0.2, 0.25) is 0 Å². The molecule has 0 radical (unpaired) electrons. The second-order valence-electron chi connectivity index (χ2n) is 4.29. The Morgan fingerprint density at radius 3 is 2.88 bits per heavy atom. The van der Waals surface area contributed by atoms with Gasteiger partial charge in [0.05, 0.1) is 0 Å². The molecule has 1 unspecified atom stereocenters. The fraction of sp³-hybridized carbons (Fsp3) is 0.417. The molecule has 0 aromatic heterocycles. The lowest BCUT2D eigenvalue weighted by molar-refractivity contribution is -0.144. The number of carboxylic acids is 1.